The van der Waals surface area contributed by atoms with Crippen LogP contribution in [0.2, 0.25) is 0 Å². The van der Waals surface area contributed by atoms with Crippen LogP contribution >= 0.6 is 0 Å². The van der Waals surface area contributed by atoms with E-state index in [2.05, 4.69) is 22.1 Å². The van der Waals surface area contributed by atoms with Gasteiger partial charge in [0.1, 0.15) is 5.82 Å². The van der Waals surface area contributed by atoms with Gasteiger partial charge in [0.05, 0.1) is 4.90 Å². The summed E-state index contributed by atoms with van der Waals surface area (Å²) in [5.74, 6) is 5.56. The first-order valence-electron chi connectivity index (χ1n) is 6.44. The van der Waals surface area contributed by atoms with Crippen molar-refractivity contribution < 1.29 is 8.42 Å². The van der Waals surface area contributed by atoms with E-state index in [-0.39, 0.29) is 10.3 Å². The first-order chi connectivity index (χ1) is 9.01. The number of rotatable bonds is 6. The van der Waals surface area contributed by atoms with Crippen LogP contribution in [0.15, 0.2) is 23.2 Å². The summed E-state index contributed by atoms with van der Waals surface area (Å²) in [5, 5.41) is 0. The Bertz CT molecular complexity index is 535. The number of hydrogen-bond acceptors (Lipinski definition) is 5. The fourth-order valence-corrected chi connectivity index (χ4v) is 3.49. The number of anilines is 1. The van der Waals surface area contributed by atoms with E-state index >= 15 is 0 Å². The van der Waals surface area contributed by atoms with Crippen LogP contribution in [0.4, 0.5) is 5.82 Å². The molecule has 1 saturated carbocycles. The van der Waals surface area contributed by atoms with Crippen LogP contribution in [-0.2, 0) is 10.0 Å². The van der Waals surface area contributed by atoms with Crippen molar-refractivity contribution in [2.45, 2.75) is 37.5 Å². The summed E-state index contributed by atoms with van der Waals surface area (Å²) in [6.07, 6.45) is 5.80. The molecule has 4 N–H and O–H groups in total. The Morgan fingerprint density at radius 1 is 1.47 bits per heavy atom. The molecule has 2 rings (SSSR count). The maximum atomic E-state index is 12.2. The molecule has 0 atom stereocenters. The van der Waals surface area contributed by atoms with E-state index in [1.54, 1.807) is 0 Å². The number of nitrogen functional groups attached to an aromatic ring is 1. The number of hydrazine groups is 1. The van der Waals surface area contributed by atoms with E-state index in [0.29, 0.717) is 12.4 Å². The quantitative estimate of drug-likeness (QED) is 0.539. The second kappa shape index (κ2) is 5.44. The maximum Gasteiger partial charge on any atom is 0.240 e. The van der Waals surface area contributed by atoms with Crippen LogP contribution in [0.5, 0.6) is 0 Å². The fraction of sp³-hybridized carbons (Fsp3) is 0.583. The summed E-state index contributed by atoms with van der Waals surface area (Å²) >= 11 is 0. The molecule has 1 aromatic heterocycles. The van der Waals surface area contributed by atoms with E-state index in [4.69, 9.17) is 5.84 Å². The molecule has 1 aromatic rings. The molecule has 1 heterocycles. The largest absolute Gasteiger partial charge is 0.308 e. The van der Waals surface area contributed by atoms with Crippen molar-refractivity contribution in [2.24, 2.45) is 11.3 Å². The lowest BCUT2D eigenvalue weighted by Crippen LogP contribution is -2.41. The Labute approximate surface area is 113 Å². The van der Waals surface area contributed by atoms with Crippen LogP contribution in [0.3, 0.4) is 0 Å². The Morgan fingerprint density at radius 3 is 2.74 bits per heavy atom. The van der Waals surface area contributed by atoms with Crippen molar-refractivity contribution in [3.63, 3.8) is 0 Å². The Kier molecular flexibility index (Phi) is 4.07. The molecule has 0 radical (unpaired) electrons. The van der Waals surface area contributed by atoms with Gasteiger partial charge in [0.2, 0.25) is 10.0 Å². The van der Waals surface area contributed by atoms with Gasteiger partial charge in [-0.05, 0) is 30.7 Å². The highest BCUT2D eigenvalue weighted by Gasteiger charge is 2.36. The number of nitrogens with zero attached hydrogens (tertiary/aromatic N) is 1. The lowest BCUT2D eigenvalue weighted by Gasteiger charge is -2.41. The predicted octanol–water partition coefficient (Wildman–Crippen LogP) is 1.23. The van der Waals surface area contributed by atoms with Gasteiger partial charge in [-0.15, -0.1) is 0 Å². The summed E-state index contributed by atoms with van der Waals surface area (Å²) in [6, 6.07) is 2.88. The van der Waals surface area contributed by atoms with Gasteiger partial charge in [-0.2, -0.15) is 0 Å². The van der Waals surface area contributed by atoms with Crippen molar-refractivity contribution in [3.05, 3.63) is 18.3 Å². The summed E-state index contributed by atoms with van der Waals surface area (Å²) in [4.78, 5) is 4.08. The number of nitrogens with one attached hydrogen (secondary N) is 2. The van der Waals surface area contributed by atoms with Gasteiger partial charge < -0.3 is 5.43 Å². The molecule has 19 heavy (non-hydrogen) atoms. The van der Waals surface area contributed by atoms with Crippen LogP contribution in [0.1, 0.15) is 32.6 Å². The monoisotopic (exact) mass is 284 g/mol. The fourth-order valence-electron chi connectivity index (χ4n) is 2.32. The zero-order valence-electron chi connectivity index (χ0n) is 11.0. The summed E-state index contributed by atoms with van der Waals surface area (Å²) in [6.45, 7) is 2.61. The average molecular weight is 284 g/mol. The maximum absolute atomic E-state index is 12.2. The first kappa shape index (κ1) is 14.2. The molecule has 0 spiro atoms. The molecule has 106 valence electrons. The molecule has 7 heteroatoms. The number of pyridine rings is 1. The molecule has 1 aliphatic rings. The highest BCUT2D eigenvalue weighted by molar-refractivity contribution is 7.89. The molecule has 1 fully saturated rings. The Balaban J connectivity index is 2.09. The van der Waals surface area contributed by atoms with Crippen molar-refractivity contribution in [2.75, 3.05) is 12.0 Å². The zero-order valence-corrected chi connectivity index (χ0v) is 11.8. The van der Waals surface area contributed by atoms with Gasteiger partial charge in [-0.3, -0.25) is 0 Å². The molecule has 0 bridgehead atoms. The van der Waals surface area contributed by atoms with Crippen molar-refractivity contribution in [3.8, 4) is 0 Å². The molecule has 6 nitrogen and oxygen atoms in total. The van der Waals surface area contributed by atoms with Gasteiger partial charge in [0, 0.05) is 18.8 Å². The summed E-state index contributed by atoms with van der Waals surface area (Å²) in [7, 11) is -3.50. The molecular formula is C12H20N4O2S. The molecule has 0 amide bonds. The number of hydrogen-bond donors (Lipinski definition) is 3. The first-order valence-corrected chi connectivity index (χ1v) is 7.92. The topological polar surface area (TPSA) is 97.1 Å². The van der Waals surface area contributed by atoms with Gasteiger partial charge in [0.15, 0.2) is 0 Å². The normalized spacial score (nSPS) is 17.8. The standard InChI is InChI=1S/C12H20N4O2S/c1-2-12(5-3-6-12)9-15-19(17,18)10-4-7-14-11(8-10)16-13/h4,7-8,15H,2-3,5-6,9,13H2,1H3,(H,14,16). The second-order valence-electron chi connectivity index (χ2n) is 5.05. The highest BCUT2D eigenvalue weighted by atomic mass is 32.2. The van der Waals surface area contributed by atoms with Crippen LogP contribution in [-0.4, -0.2) is 19.9 Å². The van der Waals surface area contributed by atoms with Gasteiger partial charge in [0.25, 0.3) is 0 Å². The smallest absolute Gasteiger partial charge is 0.240 e. The number of aromatic nitrogens is 1. The van der Waals surface area contributed by atoms with Crippen molar-refractivity contribution in [1.29, 1.82) is 0 Å². The zero-order chi connectivity index (χ0) is 13.9. The van der Waals surface area contributed by atoms with Gasteiger partial charge >= 0.3 is 0 Å². The molecule has 0 unspecified atom stereocenters. The van der Waals surface area contributed by atoms with E-state index < -0.39 is 10.0 Å². The van der Waals surface area contributed by atoms with Gasteiger partial charge in [-0.1, -0.05) is 13.3 Å². The molecule has 0 aromatic carbocycles. The summed E-state index contributed by atoms with van der Waals surface area (Å²) in [5.41, 5.74) is 2.49. The predicted molar refractivity (Wildman–Crippen MR) is 73.8 cm³/mol. The molecule has 0 aliphatic heterocycles. The minimum absolute atomic E-state index is 0.148. The third-order valence-electron chi connectivity index (χ3n) is 3.99. The minimum atomic E-state index is -3.50. The van der Waals surface area contributed by atoms with Crippen LogP contribution < -0.4 is 16.0 Å². The van der Waals surface area contributed by atoms with E-state index in [9.17, 15) is 8.42 Å². The SMILES string of the molecule is CCC1(CNS(=O)(=O)c2ccnc(NN)c2)CCC1. The third-order valence-corrected chi connectivity index (χ3v) is 5.39. The number of nitrogens with two attached hydrogens (primary N) is 1. The Hall–Kier alpha value is -1.18. The second-order valence-corrected chi connectivity index (χ2v) is 6.82. The van der Waals surface area contributed by atoms with E-state index in [1.165, 1.54) is 24.8 Å². The lowest BCUT2D eigenvalue weighted by molar-refractivity contribution is 0.133. The van der Waals surface area contributed by atoms with E-state index in [0.717, 1.165) is 19.3 Å². The third kappa shape index (κ3) is 3.05. The molecular weight excluding hydrogens is 264 g/mol. The summed E-state index contributed by atoms with van der Waals surface area (Å²) < 4.78 is 27.1. The van der Waals surface area contributed by atoms with Crippen LogP contribution in [0.25, 0.3) is 0 Å². The van der Waals surface area contributed by atoms with Gasteiger partial charge in [-0.25, -0.2) is 24.0 Å². The molecule has 1 aliphatic carbocycles. The Morgan fingerprint density at radius 2 is 2.21 bits per heavy atom. The lowest BCUT2D eigenvalue weighted by atomic mass is 9.67. The van der Waals surface area contributed by atoms with E-state index in [1.807, 2.05) is 0 Å². The minimum Gasteiger partial charge on any atom is -0.308 e. The van der Waals surface area contributed by atoms with Crippen LogP contribution in [0, 0.1) is 5.41 Å². The highest BCUT2D eigenvalue weighted by Crippen LogP contribution is 2.43. The average Bonchev–Trinajstić information content (AvgIpc) is 2.38. The van der Waals surface area contributed by atoms with Crippen molar-refractivity contribution >= 4 is 15.8 Å². The van der Waals surface area contributed by atoms with Crippen molar-refractivity contribution in [1.82, 2.24) is 9.71 Å². The number of sulfonamides is 1. The molecule has 0 saturated heterocycles.